The Bertz CT molecular complexity index is 707. The first-order valence-corrected chi connectivity index (χ1v) is 6.17. The first-order chi connectivity index (χ1) is 8.31. The fourth-order valence-corrected chi connectivity index (χ4v) is 2.81. The van der Waals surface area contributed by atoms with E-state index in [0.717, 1.165) is 15.5 Å². The highest BCUT2D eigenvalue weighted by molar-refractivity contribution is 9.10. The van der Waals surface area contributed by atoms with Crippen LogP contribution in [-0.2, 0) is 0 Å². The molecule has 0 unspecified atom stereocenters. The topological polar surface area (TPSA) is 38.0 Å². The number of nitrogen functional groups attached to an aromatic ring is 1. The van der Waals surface area contributed by atoms with Crippen LogP contribution in [-0.4, -0.2) is 0 Å². The number of nitrogens with two attached hydrogens (primary N) is 1. The van der Waals surface area contributed by atoms with E-state index in [-0.39, 0.29) is 0 Å². The van der Waals surface area contributed by atoms with Gasteiger partial charge in [-0.25, -0.2) is 0 Å². The second kappa shape index (κ2) is 4.02. The number of hydrogen-bond donors (Lipinski definition) is 2. The standard InChI is InChI=1S/C14H11BrN2/c15-11-5-1-3-9-7-8-10-4-2-6-12(17-16)14(10)13(9)11/h1-8,17H,16H2. The lowest BCUT2D eigenvalue weighted by Gasteiger charge is -2.10. The van der Waals surface area contributed by atoms with Crippen LogP contribution in [0.4, 0.5) is 5.69 Å². The zero-order valence-electron chi connectivity index (χ0n) is 9.07. The molecule has 3 heteroatoms. The Morgan fingerprint density at radius 2 is 1.47 bits per heavy atom. The van der Waals surface area contributed by atoms with Gasteiger partial charge in [-0.15, -0.1) is 0 Å². The first kappa shape index (κ1) is 10.6. The number of rotatable bonds is 1. The van der Waals surface area contributed by atoms with Crippen molar-refractivity contribution in [2.45, 2.75) is 0 Å². The van der Waals surface area contributed by atoms with Crippen LogP contribution in [0.1, 0.15) is 0 Å². The maximum atomic E-state index is 5.59. The van der Waals surface area contributed by atoms with Crippen molar-refractivity contribution in [3.8, 4) is 0 Å². The summed E-state index contributed by atoms with van der Waals surface area (Å²) in [6.45, 7) is 0. The van der Waals surface area contributed by atoms with Crippen LogP contribution in [0.3, 0.4) is 0 Å². The molecule has 0 saturated heterocycles. The van der Waals surface area contributed by atoms with Crippen LogP contribution >= 0.6 is 15.9 Å². The van der Waals surface area contributed by atoms with E-state index in [9.17, 15) is 0 Å². The zero-order valence-corrected chi connectivity index (χ0v) is 10.7. The molecular weight excluding hydrogens is 276 g/mol. The molecule has 0 aliphatic rings. The van der Waals surface area contributed by atoms with Crippen LogP contribution in [0.25, 0.3) is 21.5 Å². The molecule has 0 aromatic heterocycles. The van der Waals surface area contributed by atoms with Crippen molar-refractivity contribution < 1.29 is 0 Å². The van der Waals surface area contributed by atoms with Gasteiger partial charge in [0.2, 0.25) is 0 Å². The average Bonchev–Trinajstić information content (AvgIpc) is 2.38. The van der Waals surface area contributed by atoms with Crippen molar-refractivity contribution in [1.29, 1.82) is 0 Å². The van der Waals surface area contributed by atoms with E-state index in [1.54, 1.807) is 0 Å². The van der Waals surface area contributed by atoms with Crippen molar-refractivity contribution in [3.05, 3.63) is 53.0 Å². The summed E-state index contributed by atoms with van der Waals surface area (Å²) in [7, 11) is 0. The van der Waals surface area contributed by atoms with Gasteiger partial charge in [-0.05, 0) is 22.9 Å². The summed E-state index contributed by atoms with van der Waals surface area (Å²) >= 11 is 3.61. The van der Waals surface area contributed by atoms with Crippen LogP contribution in [0.5, 0.6) is 0 Å². The minimum atomic E-state index is 0.944. The lowest BCUT2D eigenvalue weighted by Crippen LogP contribution is -2.07. The van der Waals surface area contributed by atoms with E-state index in [4.69, 9.17) is 5.84 Å². The van der Waals surface area contributed by atoms with Crippen molar-refractivity contribution in [2.75, 3.05) is 5.43 Å². The summed E-state index contributed by atoms with van der Waals surface area (Å²) in [5, 5.41) is 4.73. The quantitative estimate of drug-likeness (QED) is 0.402. The lowest BCUT2D eigenvalue weighted by molar-refractivity contribution is 1.37. The highest BCUT2D eigenvalue weighted by Crippen LogP contribution is 2.35. The Kier molecular flexibility index (Phi) is 2.50. The van der Waals surface area contributed by atoms with Gasteiger partial charge in [0.1, 0.15) is 0 Å². The van der Waals surface area contributed by atoms with Crippen molar-refractivity contribution >= 4 is 43.2 Å². The summed E-state index contributed by atoms with van der Waals surface area (Å²) in [6, 6.07) is 16.5. The van der Waals surface area contributed by atoms with Crippen LogP contribution < -0.4 is 11.3 Å². The van der Waals surface area contributed by atoms with Crippen LogP contribution in [0.15, 0.2) is 53.0 Å². The molecule has 0 atom stereocenters. The van der Waals surface area contributed by atoms with E-state index >= 15 is 0 Å². The maximum Gasteiger partial charge on any atom is 0.0570 e. The molecule has 3 aromatic carbocycles. The third-order valence-electron chi connectivity index (χ3n) is 2.99. The fourth-order valence-electron chi connectivity index (χ4n) is 2.23. The Labute approximate surface area is 108 Å². The molecule has 0 aliphatic heterocycles. The van der Waals surface area contributed by atoms with Crippen molar-refractivity contribution in [2.24, 2.45) is 5.84 Å². The largest absolute Gasteiger partial charge is 0.323 e. The van der Waals surface area contributed by atoms with Gasteiger partial charge in [-0.2, -0.15) is 0 Å². The summed E-state index contributed by atoms with van der Waals surface area (Å²) in [5.41, 5.74) is 3.71. The van der Waals surface area contributed by atoms with Gasteiger partial charge >= 0.3 is 0 Å². The summed E-state index contributed by atoms with van der Waals surface area (Å²) in [5.74, 6) is 5.59. The minimum absolute atomic E-state index is 0.944. The molecule has 0 radical (unpaired) electrons. The van der Waals surface area contributed by atoms with Gasteiger partial charge in [0, 0.05) is 15.2 Å². The number of nitrogens with one attached hydrogen (secondary N) is 1. The van der Waals surface area contributed by atoms with Crippen LogP contribution in [0.2, 0.25) is 0 Å². The summed E-state index contributed by atoms with van der Waals surface area (Å²) in [4.78, 5) is 0. The molecule has 0 bridgehead atoms. The SMILES string of the molecule is NNc1cccc2ccc3cccc(Br)c3c12. The molecule has 0 fully saturated rings. The minimum Gasteiger partial charge on any atom is -0.323 e. The van der Waals surface area contributed by atoms with Gasteiger partial charge in [-0.3, -0.25) is 5.84 Å². The molecule has 0 heterocycles. The predicted molar refractivity (Wildman–Crippen MR) is 77.0 cm³/mol. The van der Waals surface area contributed by atoms with E-state index in [0.29, 0.717) is 0 Å². The molecule has 3 N–H and O–H groups in total. The molecule has 2 nitrogen and oxygen atoms in total. The summed E-state index contributed by atoms with van der Waals surface area (Å²) < 4.78 is 1.09. The molecule has 0 aliphatic carbocycles. The Morgan fingerprint density at radius 1 is 0.824 bits per heavy atom. The number of benzene rings is 3. The third-order valence-corrected chi connectivity index (χ3v) is 3.65. The molecule has 3 aromatic rings. The van der Waals surface area contributed by atoms with E-state index in [2.05, 4.69) is 51.7 Å². The number of hydrogen-bond acceptors (Lipinski definition) is 2. The normalized spacial score (nSPS) is 10.9. The number of hydrazine groups is 1. The molecule has 0 amide bonds. The second-order valence-electron chi connectivity index (χ2n) is 3.95. The zero-order chi connectivity index (χ0) is 11.8. The van der Waals surface area contributed by atoms with Crippen LogP contribution in [0, 0.1) is 0 Å². The molecule has 0 saturated carbocycles. The van der Waals surface area contributed by atoms with Crippen molar-refractivity contribution in [1.82, 2.24) is 0 Å². The van der Waals surface area contributed by atoms with Gasteiger partial charge in [-0.1, -0.05) is 52.3 Å². The van der Waals surface area contributed by atoms with Gasteiger partial charge < -0.3 is 5.43 Å². The number of anilines is 1. The highest BCUT2D eigenvalue weighted by Gasteiger charge is 2.07. The van der Waals surface area contributed by atoms with Gasteiger partial charge in [0.15, 0.2) is 0 Å². The van der Waals surface area contributed by atoms with E-state index < -0.39 is 0 Å². The molecular formula is C14H11BrN2. The number of halogens is 1. The smallest absolute Gasteiger partial charge is 0.0570 e. The number of fused-ring (bicyclic) bond motifs is 3. The fraction of sp³-hybridized carbons (Fsp3) is 0. The highest BCUT2D eigenvalue weighted by atomic mass is 79.9. The predicted octanol–water partition coefficient (Wildman–Crippen LogP) is 4.04. The van der Waals surface area contributed by atoms with Gasteiger partial charge in [0.05, 0.1) is 5.69 Å². The Morgan fingerprint density at radius 3 is 2.18 bits per heavy atom. The lowest BCUT2D eigenvalue weighted by atomic mass is 10.0. The van der Waals surface area contributed by atoms with Crippen molar-refractivity contribution in [3.63, 3.8) is 0 Å². The maximum absolute atomic E-state index is 5.59. The summed E-state index contributed by atoms with van der Waals surface area (Å²) in [6.07, 6.45) is 0. The molecule has 84 valence electrons. The first-order valence-electron chi connectivity index (χ1n) is 5.38. The van der Waals surface area contributed by atoms with Gasteiger partial charge in [0.25, 0.3) is 0 Å². The average molecular weight is 287 g/mol. The Balaban J connectivity index is 2.61. The monoisotopic (exact) mass is 286 g/mol. The Hall–Kier alpha value is -1.58. The second-order valence-corrected chi connectivity index (χ2v) is 4.81. The molecule has 17 heavy (non-hydrogen) atoms. The molecule has 0 spiro atoms. The third kappa shape index (κ3) is 1.59. The van der Waals surface area contributed by atoms with E-state index in [1.165, 1.54) is 16.2 Å². The van der Waals surface area contributed by atoms with E-state index in [1.807, 2.05) is 18.2 Å². The molecule has 3 rings (SSSR count).